The van der Waals surface area contributed by atoms with Gasteiger partial charge in [0, 0.05) is 31.7 Å². The Hall–Kier alpha value is -3.06. The molecule has 0 spiro atoms. The van der Waals surface area contributed by atoms with Gasteiger partial charge in [0.1, 0.15) is 0 Å². The number of hydrogen-bond acceptors (Lipinski definition) is 8. The first-order valence-electron chi connectivity index (χ1n) is 9.04. The van der Waals surface area contributed by atoms with Gasteiger partial charge in [-0.3, -0.25) is 9.59 Å². The van der Waals surface area contributed by atoms with Gasteiger partial charge >= 0.3 is 6.18 Å². The Bertz CT molecular complexity index is 1100. The zero-order valence-corrected chi connectivity index (χ0v) is 17.0. The highest BCUT2D eigenvalue weighted by Crippen LogP contribution is 2.37. The van der Waals surface area contributed by atoms with Crippen molar-refractivity contribution in [2.75, 3.05) is 37.3 Å². The van der Waals surface area contributed by atoms with E-state index in [1.807, 2.05) is 0 Å². The van der Waals surface area contributed by atoms with Crippen LogP contribution in [0.1, 0.15) is 32.1 Å². The molecule has 2 heterocycles. The van der Waals surface area contributed by atoms with Crippen molar-refractivity contribution >= 4 is 27.4 Å². The second-order valence-electron chi connectivity index (χ2n) is 6.75. The van der Waals surface area contributed by atoms with E-state index in [-0.39, 0.29) is 18.7 Å². The Morgan fingerprint density at radius 3 is 2.26 bits per heavy atom. The van der Waals surface area contributed by atoms with Crippen LogP contribution in [-0.2, 0) is 16.2 Å². The third kappa shape index (κ3) is 5.17. The van der Waals surface area contributed by atoms with Gasteiger partial charge < -0.3 is 10.2 Å². The van der Waals surface area contributed by atoms with E-state index in [0.717, 1.165) is 0 Å². The van der Waals surface area contributed by atoms with Crippen LogP contribution in [0.25, 0.3) is 0 Å². The number of carbonyl (C=O) groups excluding carboxylic acids is 2. The van der Waals surface area contributed by atoms with Crippen molar-refractivity contribution in [3.05, 3.63) is 52.8 Å². The average Bonchev–Trinajstić information content (AvgIpc) is 2.71. The zero-order valence-electron chi connectivity index (χ0n) is 16.2. The summed E-state index contributed by atoms with van der Waals surface area (Å²) in [6.45, 7) is 1.07. The van der Waals surface area contributed by atoms with Crippen molar-refractivity contribution in [3.63, 3.8) is 0 Å². The number of aromatic nitrogens is 2. The normalized spacial score (nSPS) is 14.9. The molecule has 31 heavy (non-hydrogen) atoms. The third-order valence-electron chi connectivity index (χ3n) is 4.41. The molecule has 1 aromatic heterocycles. The Labute approximate surface area is 175 Å². The molecule has 0 atom stereocenters. The summed E-state index contributed by atoms with van der Waals surface area (Å²) >= 11 is 0. The van der Waals surface area contributed by atoms with Crippen LogP contribution in [0.3, 0.4) is 0 Å². The van der Waals surface area contributed by atoms with E-state index in [4.69, 9.17) is 0 Å². The maximum absolute atomic E-state index is 13.8. The number of halogens is 3. The predicted octanol–water partition coefficient (Wildman–Crippen LogP) is 0.825. The van der Waals surface area contributed by atoms with E-state index in [1.165, 1.54) is 29.2 Å². The molecule has 2 aromatic rings. The summed E-state index contributed by atoms with van der Waals surface area (Å²) in [5, 5.41) is 9.50. The van der Waals surface area contributed by atoms with Gasteiger partial charge in [0.2, 0.25) is 10.0 Å². The van der Waals surface area contributed by atoms with Gasteiger partial charge in [-0.1, -0.05) is 30.3 Å². The van der Waals surface area contributed by atoms with Gasteiger partial charge in [0.25, 0.3) is 5.91 Å². The highest BCUT2D eigenvalue weighted by molar-refractivity contribution is 7.89. The van der Waals surface area contributed by atoms with Crippen LogP contribution in [-0.4, -0.2) is 62.7 Å². The van der Waals surface area contributed by atoms with Crippen molar-refractivity contribution in [2.24, 2.45) is 0 Å². The van der Waals surface area contributed by atoms with Gasteiger partial charge in [-0.25, -0.2) is 13.1 Å². The number of piperazine rings is 1. The monoisotopic (exact) mass is 457 g/mol. The first kappa shape index (κ1) is 22.6. The fourth-order valence-electron chi connectivity index (χ4n) is 3.14. The SMILES string of the molecule is CS(=O)(=O)NC(=O)c1nnc(C(F)(F)F)c(C(=O)c2ccccc2)c1N1CCNCC1. The molecule has 1 aliphatic rings. The van der Waals surface area contributed by atoms with Crippen molar-refractivity contribution < 1.29 is 31.2 Å². The molecule has 0 radical (unpaired) electrons. The summed E-state index contributed by atoms with van der Waals surface area (Å²) in [4.78, 5) is 27.1. The van der Waals surface area contributed by atoms with Crippen molar-refractivity contribution in [2.45, 2.75) is 6.18 Å². The maximum atomic E-state index is 13.8. The molecule has 13 heteroatoms. The van der Waals surface area contributed by atoms with Crippen LogP contribution in [0, 0.1) is 0 Å². The maximum Gasteiger partial charge on any atom is 0.436 e. The molecule has 0 aliphatic carbocycles. The highest BCUT2D eigenvalue weighted by atomic mass is 32.2. The minimum atomic E-state index is -5.04. The molecular weight excluding hydrogens is 439 g/mol. The Balaban J connectivity index is 2.31. The quantitative estimate of drug-likeness (QED) is 0.634. The number of carbonyl (C=O) groups is 2. The number of rotatable bonds is 5. The second-order valence-corrected chi connectivity index (χ2v) is 8.50. The minimum absolute atomic E-state index is 0.0492. The predicted molar refractivity (Wildman–Crippen MR) is 104 cm³/mol. The van der Waals surface area contributed by atoms with E-state index < -0.39 is 50.5 Å². The lowest BCUT2D eigenvalue weighted by molar-refractivity contribution is -0.142. The molecule has 0 saturated carbocycles. The molecule has 1 aromatic carbocycles. The van der Waals surface area contributed by atoms with Gasteiger partial charge in [0.05, 0.1) is 17.5 Å². The van der Waals surface area contributed by atoms with E-state index in [2.05, 4.69) is 15.5 Å². The topological polar surface area (TPSA) is 121 Å². The molecule has 166 valence electrons. The van der Waals surface area contributed by atoms with Crippen molar-refractivity contribution in [3.8, 4) is 0 Å². The van der Waals surface area contributed by atoms with Gasteiger partial charge in [-0.2, -0.15) is 13.2 Å². The summed E-state index contributed by atoms with van der Waals surface area (Å²) < 4.78 is 66.1. The van der Waals surface area contributed by atoms with Crippen LogP contribution >= 0.6 is 0 Å². The second kappa shape index (κ2) is 8.59. The van der Waals surface area contributed by atoms with Crippen LogP contribution < -0.4 is 14.9 Å². The molecule has 0 bridgehead atoms. The zero-order chi connectivity index (χ0) is 22.8. The minimum Gasteiger partial charge on any atom is -0.366 e. The van der Waals surface area contributed by atoms with E-state index in [1.54, 1.807) is 10.8 Å². The number of sulfonamides is 1. The number of hydrogen-bond donors (Lipinski definition) is 2. The Morgan fingerprint density at radius 1 is 1.10 bits per heavy atom. The number of benzene rings is 1. The third-order valence-corrected chi connectivity index (χ3v) is 4.96. The first-order chi connectivity index (χ1) is 14.5. The van der Waals surface area contributed by atoms with E-state index >= 15 is 0 Å². The van der Waals surface area contributed by atoms with Crippen LogP contribution in [0.5, 0.6) is 0 Å². The van der Waals surface area contributed by atoms with E-state index in [9.17, 15) is 31.2 Å². The molecule has 1 saturated heterocycles. The average molecular weight is 457 g/mol. The molecular formula is C18H18F3N5O4S. The smallest absolute Gasteiger partial charge is 0.366 e. The van der Waals surface area contributed by atoms with Crippen LogP contribution in [0.15, 0.2) is 30.3 Å². The van der Waals surface area contributed by atoms with Gasteiger partial charge in [0.15, 0.2) is 17.2 Å². The summed E-state index contributed by atoms with van der Waals surface area (Å²) in [6, 6.07) is 7.23. The molecule has 0 unspecified atom stereocenters. The standard InChI is InChI=1S/C18H18F3N5O4S/c1-31(29,30)25-17(28)13-14(26-9-7-22-8-10-26)12(16(24-23-13)18(19,20)21)15(27)11-5-3-2-4-6-11/h2-6,22H,7-10H2,1H3,(H,25,28). The molecule has 2 N–H and O–H groups in total. The van der Waals surface area contributed by atoms with Crippen molar-refractivity contribution in [1.82, 2.24) is 20.2 Å². The van der Waals surface area contributed by atoms with Crippen molar-refractivity contribution in [1.29, 1.82) is 0 Å². The lowest BCUT2D eigenvalue weighted by atomic mass is 9.98. The fraction of sp³-hybridized carbons (Fsp3) is 0.333. The Kier molecular flexibility index (Phi) is 6.27. The summed E-state index contributed by atoms with van der Waals surface area (Å²) in [5.41, 5.74) is -3.54. The summed E-state index contributed by atoms with van der Waals surface area (Å²) in [6.07, 6.45) is -4.33. The van der Waals surface area contributed by atoms with Gasteiger partial charge in [-0.15, -0.1) is 10.2 Å². The lowest BCUT2D eigenvalue weighted by Crippen LogP contribution is -2.46. The highest BCUT2D eigenvalue weighted by Gasteiger charge is 2.42. The number of nitrogens with zero attached hydrogens (tertiary/aromatic N) is 3. The fourth-order valence-corrected chi connectivity index (χ4v) is 3.57. The number of amides is 1. The molecule has 1 aliphatic heterocycles. The summed E-state index contributed by atoms with van der Waals surface area (Å²) in [7, 11) is -4.05. The molecule has 3 rings (SSSR count). The molecule has 1 amide bonds. The lowest BCUT2D eigenvalue weighted by Gasteiger charge is -2.32. The molecule has 1 fully saturated rings. The first-order valence-corrected chi connectivity index (χ1v) is 10.9. The number of ketones is 1. The Morgan fingerprint density at radius 2 is 1.71 bits per heavy atom. The molecule has 9 nitrogen and oxygen atoms in total. The largest absolute Gasteiger partial charge is 0.436 e. The van der Waals surface area contributed by atoms with Crippen LogP contribution in [0.4, 0.5) is 18.9 Å². The van der Waals surface area contributed by atoms with Crippen LogP contribution in [0.2, 0.25) is 0 Å². The number of alkyl halides is 3. The van der Waals surface area contributed by atoms with Gasteiger partial charge in [-0.05, 0) is 0 Å². The van der Waals surface area contributed by atoms with E-state index in [0.29, 0.717) is 19.3 Å². The number of anilines is 1. The number of nitrogens with one attached hydrogen (secondary N) is 2. The summed E-state index contributed by atoms with van der Waals surface area (Å²) in [5.74, 6) is -2.29.